The lowest BCUT2D eigenvalue weighted by molar-refractivity contribution is -0.137. The molecule has 0 aliphatic rings. The molecule has 0 spiro atoms. The number of pyridine rings is 1. The Morgan fingerprint density at radius 3 is 2.94 bits per heavy atom. The van der Waals surface area contributed by atoms with Gasteiger partial charge in [0, 0.05) is 24.9 Å². The summed E-state index contributed by atoms with van der Waals surface area (Å²) in [7, 11) is 0. The summed E-state index contributed by atoms with van der Waals surface area (Å²) in [6.45, 7) is 2.90. The lowest BCUT2D eigenvalue weighted by Gasteiger charge is -2.03. The van der Waals surface area contributed by atoms with E-state index < -0.39 is 0 Å². The zero-order valence-electron chi connectivity index (χ0n) is 10.7. The molecule has 0 N–H and O–H groups in total. The minimum atomic E-state index is -0.295. The van der Waals surface area contributed by atoms with Gasteiger partial charge in [0.05, 0.1) is 6.61 Å². The zero-order valence-corrected chi connectivity index (χ0v) is 10.7. The molecule has 0 saturated carbocycles. The molecule has 0 aliphatic carbocycles. The van der Waals surface area contributed by atoms with Crippen LogP contribution in [0.2, 0.25) is 0 Å². The second-order valence-electron chi connectivity index (χ2n) is 3.88. The molecule has 0 radical (unpaired) electrons. The molecule has 98 valence electrons. The van der Waals surface area contributed by atoms with E-state index in [2.05, 4.69) is 0 Å². The van der Waals surface area contributed by atoms with E-state index in [-0.39, 0.29) is 11.5 Å². The van der Waals surface area contributed by atoms with Gasteiger partial charge in [0.25, 0.3) is 0 Å². The first-order valence-electron chi connectivity index (χ1n) is 6.23. The first kappa shape index (κ1) is 14.2. The van der Waals surface area contributed by atoms with Crippen LogP contribution in [0.25, 0.3) is 0 Å². The van der Waals surface area contributed by atoms with Gasteiger partial charge in [-0.2, -0.15) is 0 Å². The normalized spacial score (nSPS) is 10.7. The zero-order chi connectivity index (χ0) is 13.2. The van der Waals surface area contributed by atoms with Gasteiger partial charge in [0.2, 0.25) is 5.56 Å². The van der Waals surface area contributed by atoms with Crippen LogP contribution in [-0.4, -0.2) is 17.1 Å². The number of ether oxygens (including phenoxy) is 1. The monoisotopic (exact) mass is 249 g/mol. The average molecular weight is 249 g/mol. The van der Waals surface area contributed by atoms with Gasteiger partial charge in [0.15, 0.2) is 0 Å². The van der Waals surface area contributed by atoms with E-state index in [1.807, 2.05) is 12.1 Å². The number of aryl methyl sites for hydroxylation is 1. The summed E-state index contributed by atoms with van der Waals surface area (Å²) in [5.74, 6) is -0.295. The second-order valence-corrected chi connectivity index (χ2v) is 3.88. The van der Waals surface area contributed by atoms with E-state index >= 15 is 0 Å². The van der Waals surface area contributed by atoms with Gasteiger partial charge in [-0.1, -0.05) is 12.1 Å². The first-order valence-corrected chi connectivity index (χ1v) is 6.23. The molecule has 0 unspecified atom stereocenters. The van der Waals surface area contributed by atoms with Gasteiger partial charge in [-0.25, -0.2) is 4.79 Å². The molecule has 0 amide bonds. The maximum atomic E-state index is 11.4. The van der Waals surface area contributed by atoms with Crippen molar-refractivity contribution in [3.8, 4) is 0 Å². The van der Waals surface area contributed by atoms with Gasteiger partial charge in [-0.05, 0) is 32.3 Å². The summed E-state index contributed by atoms with van der Waals surface area (Å²) in [4.78, 5) is 22.4. The van der Waals surface area contributed by atoms with Gasteiger partial charge in [-0.15, -0.1) is 0 Å². The Morgan fingerprint density at radius 2 is 2.22 bits per heavy atom. The number of carbonyl (C=O) groups excluding carboxylic acids is 1. The third-order valence-electron chi connectivity index (χ3n) is 2.46. The fourth-order valence-electron chi connectivity index (χ4n) is 1.56. The fraction of sp³-hybridized carbons (Fsp3) is 0.429. The summed E-state index contributed by atoms with van der Waals surface area (Å²) in [5, 5.41) is 0. The summed E-state index contributed by atoms with van der Waals surface area (Å²) < 4.78 is 6.45. The molecule has 0 atom stereocenters. The summed E-state index contributed by atoms with van der Waals surface area (Å²) in [6, 6.07) is 5.14. The van der Waals surface area contributed by atoms with E-state index in [0.717, 1.165) is 19.3 Å². The molecular formula is C14H19NO3. The van der Waals surface area contributed by atoms with Gasteiger partial charge < -0.3 is 9.30 Å². The SMILES string of the molecule is CCOC(=O)/C=C/CCCCn1ccccc1=O. The molecule has 1 heterocycles. The Kier molecular flexibility index (Phi) is 6.54. The molecule has 1 rings (SSSR count). The third-order valence-corrected chi connectivity index (χ3v) is 2.46. The number of rotatable bonds is 7. The van der Waals surface area contributed by atoms with E-state index in [0.29, 0.717) is 13.2 Å². The average Bonchev–Trinajstić information content (AvgIpc) is 2.36. The quantitative estimate of drug-likeness (QED) is 0.422. The highest BCUT2D eigenvalue weighted by Gasteiger charge is 1.94. The Bertz CT molecular complexity index is 448. The van der Waals surface area contributed by atoms with Crippen molar-refractivity contribution in [2.45, 2.75) is 32.7 Å². The highest BCUT2D eigenvalue weighted by Crippen LogP contribution is 1.99. The molecule has 0 fully saturated rings. The van der Waals surface area contributed by atoms with Crippen molar-refractivity contribution in [2.75, 3.05) is 6.61 Å². The second kappa shape index (κ2) is 8.28. The first-order chi connectivity index (χ1) is 8.74. The highest BCUT2D eigenvalue weighted by molar-refractivity contribution is 5.81. The Balaban J connectivity index is 2.18. The number of carbonyl (C=O) groups is 1. The number of esters is 1. The lowest BCUT2D eigenvalue weighted by Crippen LogP contribution is -2.17. The van der Waals surface area contributed by atoms with E-state index in [1.165, 1.54) is 6.08 Å². The fourth-order valence-corrected chi connectivity index (χ4v) is 1.56. The van der Waals surface area contributed by atoms with Crippen LogP contribution in [0.3, 0.4) is 0 Å². The Hall–Kier alpha value is -1.84. The third kappa shape index (κ3) is 5.48. The molecular weight excluding hydrogens is 230 g/mol. The van der Waals surface area contributed by atoms with Crippen molar-refractivity contribution in [1.82, 2.24) is 4.57 Å². The molecule has 0 bridgehead atoms. The van der Waals surface area contributed by atoms with E-state index in [9.17, 15) is 9.59 Å². The van der Waals surface area contributed by atoms with Crippen LogP contribution in [0.1, 0.15) is 26.2 Å². The molecule has 0 saturated heterocycles. The smallest absolute Gasteiger partial charge is 0.330 e. The largest absolute Gasteiger partial charge is 0.463 e. The number of unbranched alkanes of at least 4 members (excludes halogenated alkanes) is 2. The van der Waals surface area contributed by atoms with E-state index in [1.54, 1.807) is 29.8 Å². The molecule has 4 nitrogen and oxygen atoms in total. The van der Waals surface area contributed by atoms with E-state index in [4.69, 9.17) is 4.74 Å². The van der Waals surface area contributed by atoms with Crippen molar-refractivity contribution in [1.29, 1.82) is 0 Å². The van der Waals surface area contributed by atoms with Crippen LogP contribution in [0, 0.1) is 0 Å². The topological polar surface area (TPSA) is 48.3 Å². The Morgan fingerprint density at radius 1 is 1.39 bits per heavy atom. The van der Waals surface area contributed by atoms with Crippen molar-refractivity contribution in [3.05, 3.63) is 46.9 Å². The number of allylic oxidation sites excluding steroid dienone is 1. The number of hydrogen-bond acceptors (Lipinski definition) is 3. The van der Waals surface area contributed by atoms with Crippen molar-refractivity contribution < 1.29 is 9.53 Å². The maximum absolute atomic E-state index is 11.4. The summed E-state index contributed by atoms with van der Waals surface area (Å²) in [6.07, 6.45) is 7.73. The highest BCUT2D eigenvalue weighted by atomic mass is 16.5. The van der Waals surface area contributed by atoms with Crippen LogP contribution in [0.15, 0.2) is 41.3 Å². The van der Waals surface area contributed by atoms with Crippen LogP contribution < -0.4 is 5.56 Å². The predicted molar refractivity (Wildman–Crippen MR) is 70.3 cm³/mol. The minimum Gasteiger partial charge on any atom is -0.463 e. The van der Waals surface area contributed by atoms with Crippen molar-refractivity contribution in [2.24, 2.45) is 0 Å². The van der Waals surface area contributed by atoms with Crippen LogP contribution in [0.5, 0.6) is 0 Å². The minimum absolute atomic E-state index is 0.0274. The molecule has 4 heteroatoms. The predicted octanol–water partition coefficient (Wildman–Crippen LogP) is 2.14. The number of nitrogens with zero attached hydrogens (tertiary/aromatic N) is 1. The summed E-state index contributed by atoms with van der Waals surface area (Å²) >= 11 is 0. The van der Waals surface area contributed by atoms with Crippen molar-refractivity contribution >= 4 is 5.97 Å². The van der Waals surface area contributed by atoms with Gasteiger partial charge in [-0.3, -0.25) is 4.79 Å². The molecule has 0 aromatic carbocycles. The van der Waals surface area contributed by atoms with Crippen LogP contribution in [-0.2, 0) is 16.1 Å². The Labute approximate surface area is 107 Å². The lowest BCUT2D eigenvalue weighted by atomic mass is 10.2. The molecule has 0 aliphatic heterocycles. The van der Waals surface area contributed by atoms with Crippen molar-refractivity contribution in [3.63, 3.8) is 0 Å². The summed E-state index contributed by atoms with van der Waals surface area (Å²) in [5.41, 5.74) is 0.0274. The number of aromatic nitrogens is 1. The van der Waals surface area contributed by atoms with Gasteiger partial charge >= 0.3 is 5.97 Å². The van der Waals surface area contributed by atoms with Crippen LogP contribution >= 0.6 is 0 Å². The molecule has 1 aromatic rings. The number of hydrogen-bond donors (Lipinski definition) is 0. The molecule has 18 heavy (non-hydrogen) atoms. The molecule has 1 aromatic heterocycles. The van der Waals surface area contributed by atoms with Crippen LogP contribution in [0.4, 0.5) is 0 Å². The standard InChI is InChI=1S/C14H19NO3/c1-2-18-14(17)10-5-3-4-7-11-15-12-8-6-9-13(15)16/h5-6,8-10,12H,2-4,7,11H2,1H3/b10-5+. The van der Waals surface area contributed by atoms with Gasteiger partial charge in [0.1, 0.15) is 0 Å². The maximum Gasteiger partial charge on any atom is 0.330 e.